The number of rotatable bonds is 9. The number of carbonyl (C=O) groups is 3. The van der Waals surface area contributed by atoms with E-state index in [4.69, 9.17) is 9.47 Å². The fourth-order valence-corrected chi connectivity index (χ4v) is 3.64. The summed E-state index contributed by atoms with van der Waals surface area (Å²) < 4.78 is 11.9. The highest BCUT2D eigenvalue weighted by Gasteiger charge is 2.32. The van der Waals surface area contributed by atoms with Gasteiger partial charge >= 0.3 is 5.97 Å². The maximum atomic E-state index is 13.5. The molecule has 0 radical (unpaired) electrons. The van der Waals surface area contributed by atoms with Gasteiger partial charge < -0.3 is 18.9 Å². The van der Waals surface area contributed by atoms with E-state index in [9.17, 15) is 14.4 Å². The number of Topliss-reactive ketones (excluding diaryl/α,β-unsaturated/α-hetero) is 1. The van der Waals surface area contributed by atoms with Gasteiger partial charge in [0.25, 0.3) is 5.91 Å². The summed E-state index contributed by atoms with van der Waals surface area (Å²) in [6.45, 7) is 11.1. The first kappa shape index (κ1) is 23.9. The fourth-order valence-electron chi connectivity index (χ4n) is 3.64. The van der Waals surface area contributed by atoms with Crippen molar-refractivity contribution in [2.75, 3.05) is 20.3 Å². The van der Waals surface area contributed by atoms with Gasteiger partial charge in [0.15, 0.2) is 5.78 Å². The highest BCUT2D eigenvalue weighted by atomic mass is 16.5. The van der Waals surface area contributed by atoms with Crippen LogP contribution in [-0.2, 0) is 11.8 Å². The summed E-state index contributed by atoms with van der Waals surface area (Å²) >= 11 is 0. The molecule has 0 aliphatic heterocycles. The van der Waals surface area contributed by atoms with Crippen molar-refractivity contribution in [1.82, 2.24) is 9.47 Å². The van der Waals surface area contributed by atoms with E-state index >= 15 is 0 Å². The summed E-state index contributed by atoms with van der Waals surface area (Å²) in [6, 6.07) is 5.95. The lowest BCUT2D eigenvalue weighted by Crippen LogP contribution is -2.43. The van der Waals surface area contributed by atoms with Gasteiger partial charge in [-0.1, -0.05) is 6.08 Å². The second-order valence-electron chi connectivity index (χ2n) is 7.23. The van der Waals surface area contributed by atoms with E-state index in [1.807, 2.05) is 0 Å². The highest BCUT2D eigenvalue weighted by molar-refractivity contribution is 6.07. The molecule has 0 aliphatic carbocycles. The number of aromatic nitrogens is 1. The molecule has 7 nitrogen and oxygen atoms in total. The van der Waals surface area contributed by atoms with Crippen LogP contribution in [0.4, 0.5) is 0 Å². The number of esters is 1. The van der Waals surface area contributed by atoms with E-state index in [2.05, 4.69) is 6.58 Å². The average molecular weight is 427 g/mol. The zero-order chi connectivity index (χ0) is 23.3. The van der Waals surface area contributed by atoms with Crippen LogP contribution in [0.2, 0.25) is 0 Å². The first-order valence-electron chi connectivity index (χ1n) is 10.1. The quantitative estimate of drug-likeness (QED) is 0.347. The van der Waals surface area contributed by atoms with Crippen LogP contribution in [0, 0.1) is 13.8 Å². The van der Waals surface area contributed by atoms with Gasteiger partial charge in [0.2, 0.25) is 0 Å². The summed E-state index contributed by atoms with van der Waals surface area (Å²) in [5.74, 6) is -0.377. The van der Waals surface area contributed by atoms with Crippen molar-refractivity contribution in [2.24, 2.45) is 7.05 Å². The molecule has 0 aliphatic rings. The molecule has 1 unspecified atom stereocenters. The summed E-state index contributed by atoms with van der Waals surface area (Å²) in [5, 5.41) is 0. The molecule has 1 amide bonds. The van der Waals surface area contributed by atoms with Crippen LogP contribution in [0.3, 0.4) is 0 Å². The molecule has 166 valence electrons. The lowest BCUT2D eigenvalue weighted by molar-refractivity contribution is 0.0513. The molecule has 0 spiro atoms. The number of hydrogen-bond acceptors (Lipinski definition) is 5. The number of nitrogens with zero attached hydrogens (tertiary/aromatic N) is 2. The van der Waals surface area contributed by atoms with E-state index < -0.39 is 12.0 Å². The number of carbonyl (C=O) groups excluding carboxylic acids is 3. The SMILES string of the molecule is C=CCN(C(=O)c1ccc(OC)cc1)C(C)C(=O)c1c(C)c(C(=O)OCC)n(C)c1C. The predicted octanol–water partition coefficient (Wildman–Crippen LogP) is 3.73. The minimum Gasteiger partial charge on any atom is -0.497 e. The number of methoxy groups -OCH3 is 1. The molecule has 2 rings (SSSR count). The fraction of sp³-hybridized carbons (Fsp3) is 0.375. The second-order valence-corrected chi connectivity index (χ2v) is 7.23. The van der Waals surface area contributed by atoms with E-state index in [-0.39, 0.29) is 24.8 Å². The first-order chi connectivity index (χ1) is 14.7. The molecule has 0 bridgehead atoms. The van der Waals surface area contributed by atoms with Crippen molar-refractivity contribution in [3.8, 4) is 5.75 Å². The lowest BCUT2D eigenvalue weighted by Gasteiger charge is -2.27. The Morgan fingerprint density at radius 2 is 1.81 bits per heavy atom. The number of ether oxygens (including phenoxy) is 2. The van der Waals surface area contributed by atoms with Gasteiger partial charge in [-0.15, -0.1) is 6.58 Å². The van der Waals surface area contributed by atoms with Crippen LogP contribution >= 0.6 is 0 Å². The van der Waals surface area contributed by atoms with E-state index in [0.29, 0.717) is 33.8 Å². The zero-order valence-electron chi connectivity index (χ0n) is 19.0. The molecule has 0 N–H and O–H groups in total. The summed E-state index contributed by atoms with van der Waals surface area (Å²) in [5.41, 5.74) is 2.40. The smallest absolute Gasteiger partial charge is 0.355 e. The van der Waals surface area contributed by atoms with Crippen LogP contribution in [0.15, 0.2) is 36.9 Å². The Hall–Kier alpha value is -3.35. The first-order valence-corrected chi connectivity index (χ1v) is 10.1. The molecule has 2 aromatic rings. The monoisotopic (exact) mass is 426 g/mol. The van der Waals surface area contributed by atoms with Crippen molar-refractivity contribution < 1.29 is 23.9 Å². The van der Waals surface area contributed by atoms with E-state index in [1.165, 1.54) is 4.90 Å². The number of ketones is 1. The lowest BCUT2D eigenvalue weighted by atomic mass is 9.99. The van der Waals surface area contributed by atoms with Crippen LogP contribution in [-0.4, -0.2) is 53.4 Å². The molecule has 1 atom stereocenters. The third kappa shape index (κ3) is 4.71. The molecular weight excluding hydrogens is 396 g/mol. The highest BCUT2D eigenvalue weighted by Crippen LogP contribution is 2.25. The van der Waals surface area contributed by atoms with Crippen molar-refractivity contribution in [3.63, 3.8) is 0 Å². The molecule has 0 saturated carbocycles. The third-order valence-corrected chi connectivity index (χ3v) is 5.42. The number of benzene rings is 1. The molecule has 31 heavy (non-hydrogen) atoms. The molecular formula is C24H30N2O5. The molecule has 1 heterocycles. The van der Waals surface area contributed by atoms with Crippen LogP contribution in [0.1, 0.15) is 56.3 Å². The summed E-state index contributed by atoms with van der Waals surface area (Å²) in [4.78, 5) is 40.5. The van der Waals surface area contributed by atoms with E-state index in [0.717, 1.165) is 0 Å². The Kier molecular flexibility index (Phi) is 7.80. The number of amides is 1. The normalized spacial score (nSPS) is 11.5. The van der Waals surface area contributed by atoms with Crippen LogP contribution in [0.25, 0.3) is 0 Å². The van der Waals surface area contributed by atoms with Gasteiger partial charge in [-0.05, 0) is 57.5 Å². The third-order valence-electron chi connectivity index (χ3n) is 5.42. The molecule has 7 heteroatoms. The molecule has 0 saturated heterocycles. The predicted molar refractivity (Wildman–Crippen MR) is 119 cm³/mol. The molecule has 1 aromatic heterocycles. The Morgan fingerprint density at radius 1 is 1.19 bits per heavy atom. The van der Waals surface area contributed by atoms with Crippen molar-refractivity contribution in [1.29, 1.82) is 0 Å². The largest absolute Gasteiger partial charge is 0.497 e. The molecule has 0 fully saturated rings. The van der Waals surface area contributed by atoms with Gasteiger partial charge in [0.05, 0.1) is 19.8 Å². The van der Waals surface area contributed by atoms with Gasteiger partial charge in [-0.3, -0.25) is 9.59 Å². The summed E-state index contributed by atoms with van der Waals surface area (Å²) in [6.07, 6.45) is 1.58. The van der Waals surface area contributed by atoms with Crippen molar-refractivity contribution in [3.05, 3.63) is 65.0 Å². The Balaban J connectivity index is 2.42. The minimum atomic E-state index is -0.762. The van der Waals surface area contributed by atoms with Gasteiger partial charge in [0, 0.05) is 30.4 Å². The standard InChI is InChI=1S/C24H30N2O5/c1-8-14-26(23(28)18-10-12-19(30-7)13-11-18)17(5)22(27)20-15(3)21(24(29)31-9-2)25(6)16(20)4/h8,10-13,17H,1,9,14H2,2-7H3. The Morgan fingerprint density at radius 3 is 2.32 bits per heavy atom. The minimum absolute atomic E-state index is 0.202. The molecule has 1 aromatic carbocycles. The Bertz CT molecular complexity index is 988. The van der Waals surface area contributed by atoms with Gasteiger partial charge in [0.1, 0.15) is 11.4 Å². The maximum Gasteiger partial charge on any atom is 0.355 e. The van der Waals surface area contributed by atoms with Crippen molar-refractivity contribution in [2.45, 2.75) is 33.7 Å². The van der Waals surface area contributed by atoms with Crippen LogP contribution < -0.4 is 4.74 Å². The van der Waals surface area contributed by atoms with E-state index in [1.54, 1.807) is 76.8 Å². The van der Waals surface area contributed by atoms with Crippen molar-refractivity contribution >= 4 is 17.7 Å². The topological polar surface area (TPSA) is 77.8 Å². The second kappa shape index (κ2) is 10.1. The Labute approximate surface area is 183 Å². The number of hydrogen-bond donors (Lipinski definition) is 0. The van der Waals surface area contributed by atoms with Gasteiger partial charge in [-0.25, -0.2) is 4.79 Å². The summed E-state index contributed by atoms with van der Waals surface area (Å²) in [7, 11) is 3.27. The van der Waals surface area contributed by atoms with Crippen LogP contribution in [0.5, 0.6) is 5.75 Å². The zero-order valence-corrected chi connectivity index (χ0v) is 19.0. The average Bonchev–Trinajstić information content (AvgIpc) is 2.99. The van der Waals surface area contributed by atoms with Gasteiger partial charge in [-0.2, -0.15) is 0 Å². The maximum absolute atomic E-state index is 13.5.